The number of hydrogen-bond acceptors (Lipinski definition) is 2. The Kier molecular flexibility index (Phi) is 8.96. The van der Waals surface area contributed by atoms with Crippen molar-refractivity contribution in [3.8, 4) is 11.1 Å². The van der Waals surface area contributed by atoms with E-state index >= 15 is 0 Å². The van der Waals surface area contributed by atoms with E-state index in [9.17, 15) is 0 Å². The number of nitrogens with zero attached hydrogens (tertiary/aromatic N) is 3. The van der Waals surface area contributed by atoms with Gasteiger partial charge in [0.15, 0.2) is 5.58 Å². The van der Waals surface area contributed by atoms with Crippen molar-refractivity contribution in [1.29, 1.82) is 0 Å². The van der Waals surface area contributed by atoms with Crippen molar-refractivity contribution in [2.75, 3.05) is 4.90 Å². The van der Waals surface area contributed by atoms with Crippen LogP contribution < -0.4 is 4.90 Å². The molecule has 14 aromatic rings. The topological polar surface area (TPSA) is 25.2 Å². The second-order valence-electron chi connectivity index (χ2n) is 24.5. The highest BCUT2D eigenvalue weighted by molar-refractivity contribution is 6.29. The van der Waals surface area contributed by atoms with Crippen molar-refractivity contribution in [3.63, 3.8) is 0 Å². The van der Waals surface area contributed by atoms with Crippen LogP contribution in [-0.2, 0) is 16.2 Å². The number of aromatic nitrogens is 2. The van der Waals surface area contributed by atoms with Crippen LogP contribution in [0.2, 0.25) is 0 Å². The lowest BCUT2D eigenvalue weighted by atomic mass is 9.84. The van der Waals surface area contributed by atoms with Gasteiger partial charge < -0.3 is 18.1 Å². The lowest BCUT2D eigenvalue weighted by molar-refractivity contribution is 0.590. The van der Waals surface area contributed by atoms with E-state index in [1.807, 2.05) is 0 Å². The molecule has 9 aromatic carbocycles. The summed E-state index contributed by atoms with van der Waals surface area (Å²) in [5, 5.41) is 12.6. The van der Waals surface area contributed by atoms with Gasteiger partial charge >= 0.3 is 0 Å². The third-order valence-electron chi connectivity index (χ3n) is 16.4. The molecule has 73 heavy (non-hydrogen) atoms. The fraction of sp³-hybridized carbons (Fsp3) is 0.217. The summed E-state index contributed by atoms with van der Waals surface area (Å²) in [6.07, 6.45) is 0. The van der Waals surface area contributed by atoms with Crippen molar-refractivity contribution < 1.29 is 4.42 Å². The molecular weight excluding hydrogens is 887 g/mol. The van der Waals surface area contributed by atoms with Crippen molar-refractivity contribution in [2.45, 2.75) is 98.3 Å². The molecule has 0 aliphatic heterocycles. The molecule has 0 unspecified atom stereocenters. The number of furan rings is 1. The Labute approximate surface area is 426 Å². The Morgan fingerprint density at radius 3 is 1.48 bits per heavy atom. The molecule has 0 fully saturated rings. The first-order valence-electron chi connectivity index (χ1n) is 26.3. The standard InChI is InChI=1S/C69H61N3O/c1-39(2)40-23-26-45(27-24-40)70(59-22-16-21-50-49-20-15-19-47(65(49)73-66(50)59)41-17-13-12-14-18-41)46-28-29-48-54-32-43(68(6,7)8)34-56-53-37-61-52(38-62(53)72(63(54)56)60(48)36-46)57-35-44(69(9,10)11)33-55-51-31-42(67(3,4)5)25-30-58(51)71(61)64(55)57/h12-39H,1-11H3. The third kappa shape index (κ3) is 6.32. The first kappa shape index (κ1) is 43.9. The molecule has 358 valence electrons. The smallest absolute Gasteiger partial charge is 0.159 e. The van der Waals surface area contributed by atoms with E-state index in [0.29, 0.717) is 5.92 Å². The zero-order valence-corrected chi connectivity index (χ0v) is 43.9. The minimum absolute atomic E-state index is 0.0309. The van der Waals surface area contributed by atoms with Crippen LogP contribution in [0.25, 0.3) is 109 Å². The van der Waals surface area contributed by atoms with Crippen LogP contribution in [-0.4, -0.2) is 8.80 Å². The van der Waals surface area contributed by atoms with Gasteiger partial charge in [0.05, 0.1) is 38.8 Å². The molecular formula is C69H61N3O. The lowest BCUT2D eigenvalue weighted by Crippen LogP contribution is -2.11. The molecule has 5 heterocycles. The molecule has 0 spiro atoms. The summed E-state index contributed by atoms with van der Waals surface area (Å²) >= 11 is 0. The SMILES string of the molecule is CC(C)c1ccc(N(c2ccc3c4cc(C(C)(C)C)cc5c6cc7c(cc6n(c3c2)c45)c2cc(C(C)(C)C)cc3c4cc(C(C)(C)C)ccc4n7c32)c2cccc3c2oc2c(-c4ccccc4)cccc23)cc1. The highest BCUT2D eigenvalue weighted by Crippen LogP contribution is 2.50. The summed E-state index contributed by atoms with van der Waals surface area (Å²) in [6.45, 7) is 25.6. The minimum atomic E-state index is -0.0593. The van der Waals surface area contributed by atoms with E-state index in [2.05, 4.69) is 254 Å². The van der Waals surface area contributed by atoms with Gasteiger partial charge in [-0.15, -0.1) is 0 Å². The predicted molar refractivity (Wildman–Crippen MR) is 313 cm³/mol. The summed E-state index contributed by atoms with van der Waals surface area (Å²) in [6, 6.07) is 62.2. The van der Waals surface area contributed by atoms with Crippen LogP contribution in [0.3, 0.4) is 0 Å². The van der Waals surface area contributed by atoms with Gasteiger partial charge in [-0.05, 0) is 129 Å². The molecule has 14 rings (SSSR count). The summed E-state index contributed by atoms with van der Waals surface area (Å²) in [4.78, 5) is 2.42. The predicted octanol–water partition coefficient (Wildman–Crippen LogP) is 20.0. The fourth-order valence-corrected chi connectivity index (χ4v) is 12.3. The van der Waals surface area contributed by atoms with E-state index in [1.54, 1.807) is 0 Å². The minimum Gasteiger partial charge on any atom is -0.453 e. The van der Waals surface area contributed by atoms with Crippen LogP contribution in [0.5, 0.6) is 0 Å². The van der Waals surface area contributed by atoms with E-state index in [4.69, 9.17) is 4.42 Å². The second kappa shape index (κ2) is 14.9. The maximum absolute atomic E-state index is 7.15. The summed E-state index contributed by atoms with van der Waals surface area (Å²) < 4.78 is 12.3. The maximum Gasteiger partial charge on any atom is 0.159 e. The molecule has 0 saturated heterocycles. The normalized spacial score (nSPS) is 13.3. The second-order valence-corrected chi connectivity index (χ2v) is 24.5. The Morgan fingerprint density at radius 2 is 0.890 bits per heavy atom. The molecule has 0 atom stereocenters. The van der Waals surface area contributed by atoms with Gasteiger partial charge in [0.1, 0.15) is 5.58 Å². The molecule has 0 bridgehead atoms. The Hall–Kier alpha value is -7.82. The molecule has 0 N–H and O–H groups in total. The van der Waals surface area contributed by atoms with Crippen molar-refractivity contribution in [2.24, 2.45) is 0 Å². The van der Waals surface area contributed by atoms with Crippen LogP contribution in [0.1, 0.15) is 104 Å². The quantitative estimate of drug-likeness (QED) is 0.172. The van der Waals surface area contributed by atoms with Gasteiger partial charge in [0, 0.05) is 70.8 Å². The van der Waals surface area contributed by atoms with Crippen LogP contribution in [0, 0.1) is 0 Å². The third-order valence-corrected chi connectivity index (χ3v) is 16.4. The first-order chi connectivity index (χ1) is 34.9. The van der Waals surface area contributed by atoms with Crippen LogP contribution in [0.4, 0.5) is 17.1 Å². The van der Waals surface area contributed by atoms with Gasteiger partial charge in [0.2, 0.25) is 0 Å². The summed E-state index contributed by atoms with van der Waals surface area (Å²) in [5.74, 6) is 0.413. The van der Waals surface area contributed by atoms with E-state index in [-0.39, 0.29) is 16.2 Å². The molecule has 5 aromatic heterocycles. The number of anilines is 3. The number of hydrogen-bond donors (Lipinski definition) is 0. The van der Waals surface area contributed by atoms with Crippen molar-refractivity contribution >= 4 is 115 Å². The summed E-state index contributed by atoms with van der Waals surface area (Å²) in [7, 11) is 0. The number of fused-ring (bicyclic) bond motifs is 15. The van der Waals surface area contributed by atoms with Gasteiger partial charge in [-0.1, -0.05) is 161 Å². The van der Waals surface area contributed by atoms with Gasteiger partial charge in [-0.25, -0.2) is 0 Å². The highest BCUT2D eigenvalue weighted by Gasteiger charge is 2.29. The molecule has 0 radical (unpaired) electrons. The molecule has 4 nitrogen and oxygen atoms in total. The monoisotopic (exact) mass is 947 g/mol. The summed E-state index contributed by atoms with van der Waals surface area (Å²) in [5.41, 5.74) is 20.0. The van der Waals surface area contributed by atoms with Gasteiger partial charge in [-0.3, -0.25) is 0 Å². The molecule has 0 aliphatic rings. The Bertz CT molecular complexity index is 4560. The Balaban J connectivity index is 1.08. The first-order valence-corrected chi connectivity index (χ1v) is 26.3. The zero-order valence-electron chi connectivity index (χ0n) is 43.9. The average molecular weight is 948 g/mol. The highest BCUT2D eigenvalue weighted by atomic mass is 16.3. The molecule has 0 aliphatic carbocycles. The van der Waals surface area contributed by atoms with E-state index in [0.717, 1.165) is 50.1 Å². The molecule has 0 amide bonds. The lowest BCUT2D eigenvalue weighted by Gasteiger charge is -2.26. The van der Waals surface area contributed by atoms with Crippen LogP contribution in [0.15, 0.2) is 168 Å². The molecule has 0 saturated carbocycles. The fourth-order valence-electron chi connectivity index (χ4n) is 12.3. The van der Waals surface area contributed by atoms with E-state index < -0.39 is 0 Å². The van der Waals surface area contributed by atoms with E-state index in [1.165, 1.54) is 98.4 Å². The number of rotatable bonds is 5. The zero-order chi connectivity index (χ0) is 50.2. The average Bonchev–Trinajstić information content (AvgIpc) is 4.18. The maximum atomic E-state index is 7.15. The van der Waals surface area contributed by atoms with Gasteiger partial charge in [0.25, 0.3) is 0 Å². The Morgan fingerprint density at radius 1 is 0.384 bits per heavy atom. The number of benzene rings is 9. The van der Waals surface area contributed by atoms with Crippen molar-refractivity contribution in [1.82, 2.24) is 8.80 Å². The van der Waals surface area contributed by atoms with Gasteiger partial charge in [-0.2, -0.15) is 0 Å². The van der Waals surface area contributed by atoms with Crippen molar-refractivity contribution in [3.05, 3.63) is 186 Å². The molecule has 4 heteroatoms. The van der Waals surface area contributed by atoms with Crippen LogP contribution >= 0.6 is 0 Å². The number of para-hydroxylation sites is 2. The largest absolute Gasteiger partial charge is 0.453 e.